The average Bonchev–Trinajstić information content (AvgIpc) is 2.38. The topological polar surface area (TPSA) is 12.9 Å². The molecule has 88 valence electrons. The first-order chi connectivity index (χ1) is 8.74. The van der Waals surface area contributed by atoms with Crippen molar-refractivity contribution >= 4 is 22.4 Å². The third kappa shape index (κ3) is 1.98. The van der Waals surface area contributed by atoms with Gasteiger partial charge in [-0.25, -0.2) is 4.98 Å². The molecule has 3 rings (SSSR count). The first-order valence-electron chi connectivity index (χ1n) is 5.86. The molecule has 0 spiro atoms. The highest BCUT2D eigenvalue weighted by atomic mass is 35.5. The lowest BCUT2D eigenvalue weighted by molar-refractivity contribution is 1.35. The lowest BCUT2D eigenvalue weighted by Crippen LogP contribution is -1.87. The van der Waals surface area contributed by atoms with Crippen LogP contribution in [0.5, 0.6) is 0 Å². The highest BCUT2D eigenvalue weighted by Gasteiger charge is 2.06. The normalized spacial score (nSPS) is 10.8. The number of hydrogen-bond donors (Lipinski definition) is 0. The number of halogens is 1. The van der Waals surface area contributed by atoms with E-state index in [0.29, 0.717) is 5.15 Å². The van der Waals surface area contributed by atoms with Crippen molar-refractivity contribution in [3.05, 3.63) is 65.3 Å². The zero-order valence-corrected chi connectivity index (χ0v) is 10.8. The fourth-order valence-corrected chi connectivity index (χ4v) is 2.30. The van der Waals surface area contributed by atoms with Crippen LogP contribution in [0.4, 0.5) is 0 Å². The van der Waals surface area contributed by atoms with Gasteiger partial charge in [0, 0.05) is 10.9 Å². The Morgan fingerprint density at radius 2 is 1.67 bits per heavy atom. The van der Waals surface area contributed by atoms with Gasteiger partial charge >= 0.3 is 0 Å². The van der Waals surface area contributed by atoms with Crippen molar-refractivity contribution < 1.29 is 0 Å². The summed E-state index contributed by atoms with van der Waals surface area (Å²) in [7, 11) is 0. The third-order valence-corrected chi connectivity index (χ3v) is 3.23. The smallest absolute Gasteiger partial charge is 0.130 e. The second kappa shape index (κ2) is 4.43. The molecule has 1 heterocycles. The van der Waals surface area contributed by atoms with Crippen LogP contribution in [-0.4, -0.2) is 4.98 Å². The molecular weight excluding hydrogens is 242 g/mol. The molecule has 3 aromatic rings. The first-order valence-corrected chi connectivity index (χ1v) is 6.24. The van der Waals surface area contributed by atoms with E-state index in [2.05, 4.69) is 48.3 Å². The van der Waals surface area contributed by atoms with Crippen LogP contribution in [0.3, 0.4) is 0 Å². The fraction of sp³-hybridized carbons (Fsp3) is 0.0625. The Kier molecular flexibility index (Phi) is 2.77. The van der Waals surface area contributed by atoms with Gasteiger partial charge in [0.2, 0.25) is 0 Å². The molecule has 0 unspecified atom stereocenters. The summed E-state index contributed by atoms with van der Waals surface area (Å²) in [5, 5.41) is 2.78. The molecule has 0 amide bonds. The SMILES string of the molecule is Cc1ccc(-c2nc(Cl)cc3ccccc23)cc1. The summed E-state index contributed by atoms with van der Waals surface area (Å²) < 4.78 is 0. The summed E-state index contributed by atoms with van der Waals surface area (Å²) in [4.78, 5) is 4.47. The second-order valence-electron chi connectivity index (χ2n) is 4.38. The fourth-order valence-electron chi connectivity index (χ4n) is 2.10. The second-order valence-corrected chi connectivity index (χ2v) is 4.77. The Labute approximate surface area is 111 Å². The molecule has 0 radical (unpaired) electrons. The van der Waals surface area contributed by atoms with Crippen LogP contribution < -0.4 is 0 Å². The van der Waals surface area contributed by atoms with E-state index in [1.165, 1.54) is 5.56 Å². The van der Waals surface area contributed by atoms with Crippen LogP contribution in [0, 0.1) is 6.92 Å². The monoisotopic (exact) mass is 253 g/mol. The van der Waals surface area contributed by atoms with Gasteiger partial charge in [0.1, 0.15) is 5.15 Å². The molecule has 2 heteroatoms. The van der Waals surface area contributed by atoms with Gasteiger partial charge in [-0.2, -0.15) is 0 Å². The molecule has 0 bridgehead atoms. The minimum atomic E-state index is 0.532. The molecule has 0 aliphatic heterocycles. The predicted octanol–water partition coefficient (Wildman–Crippen LogP) is 4.86. The summed E-state index contributed by atoms with van der Waals surface area (Å²) in [6, 6.07) is 18.4. The number of benzene rings is 2. The summed E-state index contributed by atoms with van der Waals surface area (Å²) in [5.74, 6) is 0. The predicted molar refractivity (Wildman–Crippen MR) is 76.9 cm³/mol. The number of aromatic nitrogens is 1. The Bertz CT molecular complexity index is 702. The zero-order chi connectivity index (χ0) is 12.5. The van der Waals surface area contributed by atoms with Crippen LogP contribution in [0.1, 0.15) is 5.56 Å². The van der Waals surface area contributed by atoms with Crippen LogP contribution in [0.25, 0.3) is 22.0 Å². The van der Waals surface area contributed by atoms with Crippen LogP contribution in [-0.2, 0) is 0 Å². The zero-order valence-electron chi connectivity index (χ0n) is 10.0. The van der Waals surface area contributed by atoms with Gasteiger partial charge in [0.05, 0.1) is 5.69 Å². The maximum atomic E-state index is 6.09. The molecule has 0 atom stereocenters. The van der Waals surface area contributed by atoms with E-state index in [9.17, 15) is 0 Å². The van der Waals surface area contributed by atoms with Gasteiger partial charge < -0.3 is 0 Å². The van der Waals surface area contributed by atoms with Gasteiger partial charge in [-0.1, -0.05) is 65.7 Å². The summed E-state index contributed by atoms with van der Waals surface area (Å²) in [6.45, 7) is 2.08. The highest BCUT2D eigenvalue weighted by molar-refractivity contribution is 6.30. The van der Waals surface area contributed by atoms with E-state index in [-0.39, 0.29) is 0 Å². The lowest BCUT2D eigenvalue weighted by atomic mass is 10.0. The number of pyridine rings is 1. The van der Waals surface area contributed by atoms with E-state index in [1.54, 1.807) is 0 Å². The van der Waals surface area contributed by atoms with E-state index < -0.39 is 0 Å². The Balaban J connectivity index is 2.31. The van der Waals surface area contributed by atoms with E-state index in [0.717, 1.165) is 22.0 Å². The molecule has 0 saturated carbocycles. The maximum absolute atomic E-state index is 6.09. The van der Waals surface area contributed by atoms with Gasteiger partial charge in [-0.05, 0) is 18.4 Å². The number of aryl methyl sites for hydroxylation is 1. The first kappa shape index (κ1) is 11.2. The van der Waals surface area contributed by atoms with Crippen molar-refractivity contribution in [2.45, 2.75) is 6.92 Å². The lowest BCUT2D eigenvalue weighted by Gasteiger charge is -2.07. The van der Waals surface area contributed by atoms with Gasteiger partial charge in [0.25, 0.3) is 0 Å². The average molecular weight is 254 g/mol. The summed E-state index contributed by atoms with van der Waals surface area (Å²) in [5.41, 5.74) is 3.28. The largest absolute Gasteiger partial charge is 0.235 e. The van der Waals surface area contributed by atoms with Crippen molar-refractivity contribution in [2.24, 2.45) is 0 Å². The molecule has 0 N–H and O–H groups in total. The Hall–Kier alpha value is -1.86. The van der Waals surface area contributed by atoms with Crippen molar-refractivity contribution in [1.29, 1.82) is 0 Å². The van der Waals surface area contributed by atoms with Crippen molar-refractivity contribution in [1.82, 2.24) is 4.98 Å². The molecule has 0 fully saturated rings. The molecule has 1 aromatic heterocycles. The number of hydrogen-bond acceptors (Lipinski definition) is 1. The third-order valence-electron chi connectivity index (χ3n) is 3.03. The minimum Gasteiger partial charge on any atom is -0.235 e. The van der Waals surface area contributed by atoms with E-state index in [4.69, 9.17) is 11.6 Å². The van der Waals surface area contributed by atoms with E-state index >= 15 is 0 Å². The van der Waals surface area contributed by atoms with Crippen LogP contribution in [0.15, 0.2) is 54.6 Å². The minimum absolute atomic E-state index is 0.532. The molecular formula is C16H12ClN. The molecule has 18 heavy (non-hydrogen) atoms. The Morgan fingerprint density at radius 1 is 0.944 bits per heavy atom. The molecule has 0 aliphatic carbocycles. The number of rotatable bonds is 1. The quantitative estimate of drug-likeness (QED) is 0.564. The highest BCUT2D eigenvalue weighted by Crippen LogP contribution is 2.29. The van der Waals surface area contributed by atoms with Crippen LogP contribution in [0.2, 0.25) is 5.15 Å². The number of fused-ring (bicyclic) bond motifs is 1. The van der Waals surface area contributed by atoms with Crippen molar-refractivity contribution in [2.75, 3.05) is 0 Å². The van der Waals surface area contributed by atoms with Crippen LogP contribution >= 0.6 is 11.6 Å². The summed E-state index contributed by atoms with van der Waals surface area (Å²) in [6.07, 6.45) is 0. The van der Waals surface area contributed by atoms with Crippen molar-refractivity contribution in [3.8, 4) is 11.3 Å². The van der Waals surface area contributed by atoms with Gasteiger partial charge in [-0.3, -0.25) is 0 Å². The van der Waals surface area contributed by atoms with Gasteiger partial charge in [0.15, 0.2) is 0 Å². The summed E-state index contributed by atoms with van der Waals surface area (Å²) >= 11 is 6.09. The van der Waals surface area contributed by atoms with Crippen molar-refractivity contribution in [3.63, 3.8) is 0 Å². The van der Waals surface area contributed by atoms with Gasteiger partial charge in [-0.15, -0.1) is 0 Å². The molecule has 1 nitrogen and oxygen atoms in total. The van der Waals surface area contributed by atoms with E-state index in [1.807, 2.05) is 18.2 Å². The standard InChI is InChI=1S/C16H12ClN/c1-11-6-8-12(9-7-11)16-14-5-3-2-4-13(14)10-15(17)18-16/h2-10H,1H3. The maximum Gasteiger partial charge on any atom is 0.130 e. The number of nitrogens with zero attached hydrogens (tertiary/aromatic N) is 1. The molecule has 2 aromatic carbocycles. The molecule has 0 saturated heterocycles. The molecule has 0 aliphatic rings. The Morgan fingerprint density at radius 3 is 2.44 bits per heavy atom.